The molecule has 0 saturated carbocycles. The van der Waals surface area contributed by atoms with Gasteiger partial charge >= 0.3 is 0 Å². The minimum Gasteiger partial charge on any atom is -0.381 e. The third-order valence-corrected chi connectivity index (χ3v) is 2.80. The van der Waals surface area contributed by atoms with Crippen LogP contribution in [0.4, 0.5) is 0 Å². The largest absolute Gasteiger partial charge is 0.381 e. The Balaban J connectivity index is 2.69. The molecule has 0 aromatic heterocycles. The van der Waals surface area contributed by atoms with Crippen molar-refractivity contribution < 1.29 is 5.11 Å². The van der Waals surface area contributed by atoms with Crippen molar-refractivity contribution in [3.63, 3.8) is 0 Å². The van der Waals surface area contributed by atoms with Crippen LogP contribution in [0, 0.1) is 5.92 Å². The van der Waals surface area contributed by atoms with Crippen molar-refractivity contribution in [1.29, 1.82) is 0 Å². The van der Waals surface area contributed by atoms with Gasteiger partial charge in [0.2, 0.25) is 0 Å². The summed E-state index contributed by atoms with van der Waals surface area (Å²) in [5, 5.41) is 9.98. The van der Waals surface area contributed by atoms with Crippen LogP contribution in [0.2, 0.25) is 0 Å². The van der Waals surface area contributed by atoms with Gasteiger partial charge in [-0.25, -0.2) is 0 Å². The Bertz CT molecular complexity index is 205. The van der Waals surface area contributed by atoms with E-state index in [1.807, 2.05) is 13.0 Å². The lowest BCUT2D eigenvalue weighted by molar-refractivity contribution is 0.105. The third-order valence-electron chi connectivity index (χ3n) is 2.80. The maximum absolute atomic E-state index is 9.98. The molecule has 0 spiro atoms. The lowest BCUT2D eigenvalue weighted by Crippen LogP contribution is -2.30. The fourth-order valence-electron chi connectivity index (χ4n) is 1.58. The second kappa shape index (κ2) is 3.44. The maximum atomic E-state index is 9.98. The van der Waals surface area contributed by atoms with Gasteiger partial charge in [-0.2, -0.15) is 0 Å². The van der Waals surface area contributed by atoms with Gasteiger partial charge in [0.05, 0.1) is 0 Å². The van der Waals surface area contributed by atoms with E-state index in [1.54, 1.807) is 0 Å². The first kappa shape index (κ1) is 9.53. The summed E-state index contributed by atoms with van der Waals surface area (Å²) < 4.78 is 0. The quantitative estimate of drug-likeness (QED) is 0.625. The van der Waals surface area contributed by atoms with Gasteiger partial charge in [0.15, 0.2) is 0 Å². The Labute approximate surface area is 74.8 Å². The standard InChI is InChI=1S/C11H18O/c1-4-10-5-7-11(12,8-6-10)9(2)3/h5,7,10,12H,2,4,6,8H2,1,3H3. The number of allylic oxidation sites excluding steroid dienone is 1. The third kappa shape index (κ3) is 1.78. The summed E-state index contributed by atoms with van der Waals surface area (Å²) in [6, 6.07) is 0. The zero-order valence-electron chi connectivity index (χ0n) is 8.01. The topological polar surface area (TPSA) is 20.2 Å². The van der Waals surface area contributed by atoms with Gasteiger partial charge in [0.25, 0.3) is 0 Å². The van der Waals surface area contributed by atoms with E-state index < -0.39 is 5.60 Å². The summed E-state index contributed by atoms with van der Waals surface area (Å²) in [5.74, 6) is 0.657. The molecule has 0 amide bonds. The predicted molar refractivity (Wildman–Crippen MR) is 51.9 cm³/mol. The van der Waals surface area contributed by atoms with Crippen LogP contribution in [0.25, 0.3) is 0 Å². The summed E-state index contributed by atoms with van der Waals surface area (Å²) in [6.07, 6.45) is 7.11. The fourth-order valence-corrected chi connectivity index (χ4v) is 1.58. The van der Waals surface area contributed by atoms with E-state index in [9.17, 15) is 5.11 Å². The fraction of sp³-hybridized carbons (Fsp3) is 0.636. The number of aliphatic hydroxyl groups is 1. The average molecular weight is 166 g/mol. The first-order chi connectivity index (χ1) is 5.58. The van der Waals surface area contributed by atoms with Gasteiger partial charge < -0.3 is 5.11 Å². The molecule has 0 radical (unpaired) electrons. The lowest BCUT2D eigenvalue weighted by atomic mass is 9.81. The molecule has 2 atom stereocenters. The summed E-state index contributed by atoms with van der Waals surface area (Å²) in [5.41, 5.74) is 0.138. The molecule has 0 aliphatic heterocycles. The molecule has 1 aliphatic rings. The van der Waals surface area contributed by atoms with Crippen LogP contribution in [-0.4, -0.2) is 10.7 Å². The smallest absolute Gasteiger partial charge is 0.103 e. The molecule has 12 heavy (non-hydrogen) atoms. The molecule has 0 fully saturated rings. The van der Waals surface area contributed by atoms with Gasteiger partial charge in [-0.1, -0.05) is 25.7 Å². The zero-order chi connectivity index (χ0) is 9.19. The Hall–Kier alpha value is -0.560. The van der Waals surface area contributed by atoms with Crippen LogP contribution >= 0.6 is 0 Å². The van der Waals surface area contributed by atoms with Crippen molar-refractivity contribution >= 4 is 0 Å². The monoisotopic (exact) mass is 166 g/mol. The van der Waals surface area contributed by atoms with E-state index in [0.717, 1.165) is 18.4 Å². The molecule has 2 unspecified atom stereocenters. The van der Waals surface area contributed by atoms with E-state index in [2.05, 4.69) is 19.6 Å². The summed E-state index contributed by atoms with van der Waals surface area (Å²) in [6.45, 7) is 7.87. The minimum absolute atomic E-state index is 0.657. The van der Waals surface area contributed by atoms with E-state index in [4.69, 9.17) is 0 Å². The van der Waals surface area contributed by atoms with Crippen molar-refractivity contribution in [2.24, 2.45) is 5.92 Å². The predicted octanol–water partition coefficient (Wildman–Crippen LogP) is 2.67. The highest BCUT2D eigenvalue weighted by atomic mass is 16.3. The molecule has 0 bridgehead atoms. The first-order valence-corrected chi connectivity index (χ1v) is 4.66. The van der Waals surface area contributed by atoms with E-state index in [1.165, 1.54) is 6.42 Å². The van der Waals surface area contributed by atoms with Crippen LogP contribution in [0.3, 0.4) is 0 Å². The zero-order valence-corrected chi connectivity index (χ0v) is 8.01. The molecular weight excluding hydrogens is 148 g/mol. The van der Waals surface area contributed by atoms with Crippen LogP contribution in [0.1, 0.15) is 33.1 Å². The normalized spacial score (nSPS) is 35.1. The molecule has 1 N–H and O–H groups in total. The van der Waals surface area contributed by atoms with Crippen molar-refractivity contribution in [2.75, 3.05) is 0 Å². The Morgan fingerprint density at radius 2 is 2.42 bits per heavy atom. The van der Waals surface area contributed by atoms with Crippen LogP contribution < -0.4 is 0 Å². The van der Waals surface area contributed by atoms with Crippen molar-refractivity contribution in [3.8, 4) is 0 Å². The van der Waals surface area contributed by atoms with Gasteiger partial charge in [0, 0.05) is 0 Å². The molecule has 0 heterocycles. The van der Waals surface area contributed by atoms with E-state index in [-0.39, 0.29) is 0 Å². The average Bonchev–Trinajstić information content (AvgIpc) is 2.06. The maximum Gasteiger partial charge on any atom is 0.103 e. The van der Waals surface area contributed by atoms with E-state index >= 15 is 0 Å². The molecule has 1 nitrogen and oxygen atoms in total. The molecule has 1 aliphatic carbocycles. The van der Waals surface area contributed by atoms with Crippen LogP contribution in [-0.2, 0) is 0 Å². The summed E-state index contributed by atoms with van der Waals surface area (Å²) in [7, 11) is 0. The highest BCUT2D eigenvalue weighted by Crippen LogP contribution is 2.31. The highest BCUT2D eigenvalue weighted by Gasteiger charge is 2.28. The first-order valence-electron chi connectivity index (χ1n) is 4.66. The minimum atomic E-state index is -0.717. The van der Waals surface area contributed by atoms with Crippen LogP contribution in [0.5, 0.6) is 0 Å². The van der Waals surface area contributed by atoms with Gasteiger partial charge in [-0.3, -0.25) is 0 Å². The van der Waals surface area contributed by atoms with E-state index in [0.29, 0.717) is 5.92 Å². The molecule has 0 saturated heterocycles. The molecule has 68 valence electrons. The summed E-state index contributed by atoms with van der Waals surface area (Å²) in [4.78, 5) is 0. The summed E-state index contributed by atoms with van der Waals surface area (Å²) >= 11 is 0. The SMILES string of the molecule is C=C(C)C1(O)C=CC(CC)CC1. The second-order valence-corrected chi connectivity index (χ2v) is 3.77. The molecule has 1 rings (SSSR count). The van der Waals surface area contributed by atoms with Gasteiger partial charge in [0.1, 0.15) is 5.60 Å². The number of hydrogen-bond acceptors (Lipinski definition) is 1. The van der Waals surface area contributed by atoms with Gasteiger partial charge in [-0.05, 0) is 37.7 Å². The molecule has 0 aromatic rings. The van der Waals surface area contributed by atoms with Gasteiger partial charge in [-0.15, -0.1) is 0 Å². The van der Waals surface area contributed by atoms with Crippen molar-refractivity contribution in [1.82, 2.24) is 0 Å². The van der Waals surface area contributed by atoms with Crippen LogP contribution in [0.15, 0.2) is 24.3 Å². The Morgan fingerprint density at radius 1 is 1.75 bits per heavy atom. The lowest BCUT2D eigenvalue weighted by Gasteiger charge is -2.31. The molecule has 0 aromatic carbocycles. The Kier molecular flexibility index (Phi) is 2.73. The van der Waals surface area contributed by atoms with Crippen molar-refractivity contribution in [2.45, 2.75) is 38.7 Å². The Morgan fingerprint density at radius 3 is 2.75 bits per heavy atom. The second-order valence-electron chi connectivity index (χ2n) is 3.77. The van der Waals surface area contributed by atoms with Crippen molar-refractivity contribution in [3.05, 3.63) is 24.3 Å². The highest BCUT2D eigenvalue weighted by molar-refractivity contribution is 5.22. The molecular formula is C11H18O. The number of rotatable bonds is 2. The number of hydrogen-bond donors (Lipinski definition) is 1. The molecule has 1 heteroatoms.